The molecule has 2 aromatic heterocycles. The van der Waals surface area contributed by atoms with Crippen LogP contribution < -0.4 is 10.5 Å². The van der Waals surface area contributed by atoms with Gasteiger partial charge in [0, 0.05) is 17.1 Å². The fourth-order valence-corrected chi connectivity index (χ4v) is 5.37. The summed E-state index contributed by atoms with van der Waals surface area (Å²) in [4.78, 5) is 8.08. The molecule has 2 heterocycles. The fraction of sp³-hybridized carbons (Fsp3) is 0.412. The monoisotopic (exact) mass is 540 g/mol. The van der Waals surface area contributed by atoms with E-state index in [1.54, 1.807) is 37.5 Å². The van der Waals surface area contributed by atoms with Crippen molar-refractivity contribution in [2.75, 3.05) is 40.5 Å². The normalized spacial score (nSPS) is 12.1. The van der Waals surface area contributed by atoms with E-state index in [1.807, 2.05) is 37.3 Å². The molecule has 3 aromatic rings. The van der Waals surface area contributed by atoms with Crippen molar-refractivity contribution in [3.8, 4) is 16.6 Å². The first-order chi connectivity index (χ1) is 14.9. The van der Waals surface area contributed by atoms with Crippen molar-refractivity contribution in [2.24, 2.45) is 0 Å². The third-order valence-electron chi connectivity index (χ3n) is 3.86. The first-order valence-corrected chi connectivity index (χ1v) is 12.7. The molecular formula is C17H24Cl3N8O2PS. The van der Waals surface area contributed by atoms with E-state index in [9.17, 15) is 4.57 Å². The van der Waals surface area contributed by atoms with Gasteiger partial charge >= 0.3 is 7.59 Å². The van der Waals surface area contributed by atoms with Gasteiger partial charge in [0.05, 0.1) is 6.61 Å². The number of nitrogens with zero attached hydrogens (tertiary/aromatic N) is 7. The van der Waals surface area contributed by atoms with E-state index < -0.39 is 11.4 Å². The second kappa shape index (κ2) is 11.1. The molecule has 15 heteroatoms. The van der Waals surface area contributed by atoms with Gasteiger partial charge in [0.25, 0.3) is 8.99 Å². The molecular weight excluding hydrogens is 518 g/mol. The van der Waals surface area contributed by atoms with Gasteiger partial charge in [-0.05, 0) is 35.1 Å². The number of alkyl halides is 3. The van der Waals surface area contributed by atoms with Crippen LogP contribution in [0.2, 0.25) is 0 Å². The molecule has 176 valence electrons. The molecule has 0 radical (unpaired) electrons. The predicted molar refractivity (Wildman–Crippen MR) is 131 cm³/mol. The Bertz CT molecular complexity index is 1040. The molecule has 0 fully saturated rings. The van der Waals surface area contributed by atoms with Gasteiger partial charge in [0.1, 0.15) is 0 Å². The lowest BCUT2D eigenvalue weighted by Gasteiger charge is -2.29. The van der Waals surface area contributed by atoms with E-state index in [-0.39, 0.29) is 11.8 Å². The number of benzene rings is 1. The molecule has 0 aliphatic rings. The van der Waals surface area contributed by atoms with Crippen LogP contribution in [0.4, 0.5) is 5.95 Å². The topological polar surface area (TPSA) is 115 Å². The molecule has 2 N–H and O–H groups in total. The summed E-state index contributed by atoms with van der Waals surface area (Å²) in [6, 6.07) is 9.46. The maximum Gasteiger partial charge on any atom is 0.332 e. The highest BCUT2D eigenvalue weighted by Crippen LogP contribution is 2.51. The second-order valence-corrected chi connectivity index (χ2v) is 12.6. The number of ether oxygens (including phenoxy) is 1. The summed E-state index contributed by atoms with van der Waals surface area (Å²) in [5.41, 5.74) is 6.74. The lowest BCUT2D eigenvalue weighted by Crippen LogP contribution is -2.27. The lowest BCUT2D eigenvalue weighted by atomic mass is 10.2. The number of nitrogens with two attached hydrogens (primary N) is 1. The van der Waals surface area contributed by atoms with Crippen LogP contribution in [0.25, 0.3) is 11.4 Å². The second-order valence-electron chi connectivity index (χ2n) is 6.57. The predicted octanol–water partition coefficient (Wildman–Crippen LogP) is 4.37. The minimum absolute atomic E-state index is 0.134. The molecule has 0 aliphatic heterocycles. The Hall–Kier alpha value is -1.46. The zero-order chi connectivity index (χ0) is 24.1. The molecule has 0 saturated heterocycles. The number of anilines is 1. The number of nitrogen functional groups attached to an aromatic ring is 1. The zero-order valence-corrected chi connectivity index (χ0v) is 22.1. The molecule has 1 aromatic carbocycles. The van der Waals surface area contributed by atoms with Crippen LogP contribution >= 0.6 is 53.9 Å². The van der Waals surface area contributed by atoms with Crippen LogP contribution in [0.3, 0.4) is 0 Å². The SMILES string of the molecule is CCOc1nc(C(Cl)(Cl)Cl)ns1.CN(C)P(=O)(N(C)C)n1nc(-c2ccccc2)nc1N. The van der Waals surface area contributed by atoms with Crippen molar-refractivity contribution in [3.63, 3.8) is 0 Å². The highest BCUT2D eigenvalue weighted by atomic mass is 35.6. The molecule has 0 saturated carbocycles. The van der Waals surface area contributed by atoms with Crippen molar-refractivity contribution in [2.45, 2.75) is 10.7 Å². The number of hydrogen-bond acceptors (Lipinski definition) is 8. The van der Waals surface area contributed by atoms with Gasteiger partial charge in [-0.2, -0.15) is 18.8 Å². The minimum Gasteiger partial charge on any atom is -0.469 e. The van der Waals surface area contributed by atoms with Gasteiger partial charge in [-0.1, -0.05) is 65.1 Å². The van der Waals surface area contributed by atoms with Gasteiger partial charge in [-0.25, -0.2) is 9.34 Å². The van der Waals surface area contributed by atoms with Gasteiger partial charge in [-0.3, -0.25) is 4.57 Å². The van der Waals surface area contributed by atoms with Gasteiger partial charge in [0.2, 0.25) is 5.95 Å². The number of hydrogen-bond donors (Lipinski definition) is 1. The maximum atomic E-state index is 13.1. The standard InChI is InChI=1S/C12H19N6OP.C5H5Cl3N2OS/c1-16(2)20(19,17(3)4)18-12(13)14-11(15-18)10-8-6-5-7-9-10;1-2-11-4-9-3(10-12-4)5(6,7)8/h5-9H,1-4H3,(H2,13,14,15);2H2,1H3. The van der Waals surface area contributed by atoms with Crippen LogP contribution in [0.15, 0.2) is 30.3 Å². The summed E-state index contributed by atoms with van der Waals surface area (Å²) >= 11 is 17.7. The van der Waals surface area contributed by atoms with Gasteiger partial charge < -0.3 is 10.5 Å². The Morgan fingerprint density at radius 1 is 1.12 bits per heavy atom. The largest absolute Gasteiger partial charge is 0.469 e. The molecule has 32 heavy (non-hydrogen) atoms. The smallest absolute Gasteiger partial charge is 0.332 e. The number of aromatic nitrogens is 5. The Labute approximate surface area is 205 Å². The van der Waals surface area contributed by atoms with Gasteiger partial charge in [0.15, 0.2) is 11.6 Å². The number of rotatable bonds is 6. The quantitative estimate of drug-likeness (QED) is 0.359. The zero-order valence-electron chi connectivity index (χ0n) is 18.1. The van der Waals surface area contributed by atoms with E-state index in [0.29, 0.717) is 17.6 Å². The van der Waals surface area contributed by atoms with Crippen molar-refractivity contribution >= 4 is 59.9 Å². The van der Waals surface area contributed by atoms with Crippen molar-refractivity contribution in [1.82, 2.24) is 33.2 Å². The first kappa shape index (κ1) is 26.8. The van der Waals surface area contributed by atoms with Crippen molar-refractivity contribution < 1.29 is 9.30 Å². The molecule has 3 rings (SSSR count). The van der Waals surface area contributed by atoms with E-state index in [1.165, 1.54) is 4.45 Å². The molecule has 0 atom stereocenters. The first-order valence-electron chi connectivity index (χ1n) is 9.19. The highest BCUT2D eigenvalue weighted by Gasteiger charge is 2.34. The summed E-state index contributed by atoms with van der Waals surface area (Å²) in [6.45, 7) is 2.37. The van der Waals surface area contributed by atoms with E-state index >= 15 is 0 Å². The maximum absolute atomic E-state index is 13.1. The molecule has 0 spiro atoms. The lowest BCUT2D eigenvalue weighted by molar-refractivity contribution is 0.337. The molecule has 0 bridgehead atoms. The minimum atomic E-state index is -3.07. The number of halogens is 3. The Morgan fingerprint density at radius 3 is 2.19 bits per heavy atom. The van der Waals surface area contributed by atoms with Crippen molar-refractivity contribution in [1.29, 1.82) is 0 Å². The summed E-state index contributed by atoms with van der Waals surface area (Å²) in [5.74, 6) is 0.752. The Kier molecular flexibility index (Phi) is 9.30. The van der Waals surface area contributed by atoms with E-state index in [2.05, 4.69) is 19.4 Å². The summed E-state index contributed by atoms with van der Waals surface area (Å²) < 4.78 is 24.9. The molecule has 0 amide bonds. The third-order valence-corrected chi connectivity index (χ3v) is 7.87. The summed E-state index contributed by atoms with van der Waals surface area (Å²) in [5, 5.41) is 4.74. The van der Waals surface area contributed by atoms with Crippen LogP contribution in [-0.4, -0.2) is 68.0 Å². The molecule has 0 unspecified atom stereocenters. The van der Waals surface area contributed by atoms with Gasteiger partial charge in [-0.15, -0.1) is 5.10 Å². The van der Waals surface area contributed by atoms with Crippen LogP contribution in [0.5, 0.6) is 5.19 Å². The van der Waals surface area contributed by atoms with Crippen LogP contribution in [0.1, 0.15) is 12.7 Å². The molecule has 10 nitrogen and oxygen atoms in total. The Balaban J connectivity index is 0.000000258. The van der Waals surface area contributed by atoms with E-state index in [0.717, 1.165) is 17.1 Å². The average molecular weight is 542 g/mol. The molecule has 0 aliphatic carbocycles. The summed E-state index contributed by atoms with van der Waals surface area (Å²) in [7, 11) is 3.84. The third kappa shape index (κ3) is 6.32. The Morgan fingerprint density at radius 2 is 1.72 bits per heavy atom. The highest BCUT2D eigenvalue weighted by molar-refractivity contribution is 7.57. The summed E-state index contributed by atoms with van der Waals surface area (Å²) in [6.07, 6.45) is 0. The van der Waals surface area contributed by atoms with Crippen LogP contribution in [0, 0.1) is 0 Å². The van der Waals surface area contributed by atoms with Crippen molar-refractivity contribution in [3.05, 3.63) is 36.2 Å². The van der Waals surface area contributed by atoms with Crippen LogP contribution in [-0.2, 0) is 8.36 Å². The average Bonchev–Trinajstić information content (AvgIpc) is 3.35. The fourth-order valence-electron chi connectivity index (χ4n) is 2.42. The van der Waals surface area contributed by atoms with E-state index in [4.69, 9.17) is 45.3 Å².